The van der Waals surface area contributed by atoms with Gasteiger partial charge in [-0.25, -0.2) is 0 Å². The Morgan fingerprint density at radius 3 is 1.00 bits per heavy atom. The first kappa shape index (κ1) is 15.7. The van der Waals surface area contributed by atoms with E-state index in [0.29, 0.717) is 0 Å². The van der Waals surface area contributed by atoms with Crippen molar-refractivity contribution in [3.05, 3.63) is 0 Å². The minimum Gasteiger partial charge on any atom is -0.510 e. The molecule has 0 amide bonds. The van der Waals surface area contributed by atoms with Gasteiger partial charge in [0, 0.05) is 0 Å². The molecule has 0 heterocycles. The van der Waals surface area contributed by atoms with Crippen LogP contribution < -0.4 is 0 Å². The average molecular weight is 219 g/mol. The number of hydrogen-bond acceptors (Lipinski definition) is 0. The van der Waals surface area contributed by atoms with Crippen LogP contribution in [0.15, 0.2) is 0 Å². The Kier molecular flexibility index (Phi) is 8.00. The van der Waals surface area contributed by atoms with Crippen LogP contribution in [-0.4, -0.2) is 46.1 Å². The van der Waals surface area contributed by atoms with E-state index in [1.807, 2.05) is 0 Å². The van der Waals surface area contributed by atoms with Crippen LogP contribution in [0.3, 0.4) is 0 Å². The minimum atomic E-state index is -6.83. The maximum atomic E-state index is 9.85. The molecule has 0 bridgehead atoms. The zero-order valence-corrected chi connectivity index (χ0v) is 9.81. The lowest BCUT2D eigenvalue weighted by atomic mass is 10.4. The number of halogens is 4. The number of hydrogen-bond donors (Lipinski definition) is 0. The van der Waals surface area contributed by atoms with Crippen molar-refractivity contribution >= 4 is 14.9 Å². The van der Waals surface area contributed by atoms with Gasteiger partial charge in [0.15, 0.2) is 0 Å². The summed E-state index contributed by atoms with van der Waals surface area (Å²) in [5.41, 5.74) is 0. The normalized spacial score (nSPS) is 12.0. The molecule has 0 atom stereocenters. The van der Waals surface area contributed by atoms with Crippen molar-refractivity contribution in [3.63, 3.8) is 0 Å². The first-order chi connectivity index (χ1) is 5.68. The van der Waals surface area contributed by atoms with Crippen molar-refractivity contribution in [2.45, 2.75) is 20.8 Å². The molecule has 0 aliphatic carbocycles. The Morgan fingerprint density at radius 1 is 0.846 bits per heavy atom. The quantitative estimate of drug-likeness (QED) is 0.389. The second-order valence-electron chi connectivity index (χ2n) is 3.06. The molecule has 0 aromatic heterocycles. The molecule has 0 aromatic carbocycles. The van der Waals surface area contributed by atoms with Gasteiger partial charge in [0.1, 0.15) is 0 Å². The molecule has 0 aliphatic rings. The monoisotopic (exact) mass is 219 g/mol. The third-order valence-electron chi connectivity index (χ3n) is 2.29. The summed E-state index contributed by atoms with van der Waals surface area (Å²) < 4.78 is 40.6. The van der Waals surface area contributed by atoms with E-state index in [9.17, 15) is 14.1 Å². The second-order valence-corrected chi connectivity index (χ2v) is 4.05. The molecule has 0 rings (SSSR count). The van der Waals surface area contributed by atoms with Gasteiger partial charge in [-0.3, -0.25) is 0 Å². The third kappa shape index (κ3) is 15.0. The molecule has 0 saturated carbocycles. The highest BCUT2D eigenvalue weighted by Gasteiger charge is 2.41. The van der Waals surface area contributed by atoms with Crippen molar-refractivity contribution in [3.8, 4) is 0 Å². The lowest BCUT2D eigenvalue weighted by Crippen LogP contribution is -2.42. The molecule has 0 radical (unpaired) electrons. The fourth-order valence-corrected chi connectivity index (χ4v) is 0.671. The van der Waals surface area contributed by atoms with Crippen LogP contribution in [0, 0.1) is 0 Å². The Bertz CT molecular complexity index is 108. The highest BCUT2D eigenvalue weighted by Crippen LogP contribution is 2.06. The smallest absolute Gasteiger partial charge is 0.510 e. The van der Waals surface area contributed by atoms with E-state index in [4.69, 9.17) is 0 Å². The predicted molar refractivity (Wildman–Crippen MR) is 48.0 cm³/mol. The van der Waals surface area contributed by atoms with Crippen molar-refractivity contribution in [2.24, 2.45) is 0 Å². The van der Waals surface area contributed by atoms with Gasteiger partial charge in [0.2, 0.25) is 0 Å². The molecule has 6 heteroatoms. The van der Waals surface area contributed by atoms with E-state index in [-0.39, 0.29) is 0 Å². The first-order valence-corrected chi connectivity index (χ1v) is 6.14. The molecule has 0 fully saturated rings. The lowest BCUT2D eigenvalue weighted by Gasteiger charge is -2.30. The number of nitrogens with zero attached hydrogens (tertiary/aromatic N) is 1. The van der Waals surface area contributed by atoms with Crippen LogP contribution in [0.5, 0.6) is 0 Å². The van der Waals surface area contributed by atoms with E-state index in [1.54, 1.807) is 0 Å². The van der Waals surface area contributed by atoms with Crippen molar-refractivity contribution in [2.75, 3.05) is 26.7 Å². The Balaban J connectivity index is 0. The van der Waals surface area contributed by atoms with E-state index in [2.05, 4.69) is 27.8 Å². The SMILES string of the molecule is CC[N+](C)(CC)CC.[F][Al-]([F])([F])[F]. The summed E-state index contributed by atoms with van der Waals surface area (Å²) in [6.07, 6.45) is 0. The summed E-state index contributed by atoms with van der Waals surface area (Å²) in [6.45, 7) is 10.5. The summed E-state index contributed by atoms with van der Waals surface area (Å²) in [5.74, 6) is 0. The molecule has 0 N–H and O–H groups in total. The molecule has 13 heavy (non-hydrogen) atoms. The standard InChI is InChI=1S/C7H18N.Al.4FH/c1-5-8(4,6-2)7-3;;;;;/h5-7H2,1-4H3;;4*1H/q+1;+3;;;;/p-4. The highest BCUT2D eigenvalue weighted by molar-refractivity contribution is 6.50. The summed E-state index contributed by atoms with van der Waals surface area (Å²) >= 11 is -6.83. The van der Waals surface area contributed by atoms with Gasteiger partial charge in [-0.05, 0) is 20.8 Å². The van der Waals surface area contributed by atoms with Gasteiger partial charge in [-0.2, -0.15) is 0 Å². The van der Waals surface area contributed by atoms with Gasteiger partial charge in [0.05, 0.1) is 26.7 Å². The zero-order chi connectivity index (χ0) is 11.1. The highest BCUT2D eigenvalue weighted by atomic mass is 27.5. The second kappa shape index (κ2) is 6.63. The number of rotatable bonds is 3. The lowest BCUT2D eigenvalue weighted by molar-refractivity contribution is -0.904. The van der Waals surface area contributed by atoms with Crippen molar-refractivity contribution in [1.82, 2.24) is 0 Å². The van der Waals surface area contributed by atoms with E-state index >= 15 is 0 Å². The summed E-state index contributed by atoms with van der Waals surface area (Å²) in [6, 6.07) is 0. The van der Waals surface area contributed by atoms with Gasteiger partial charge < -0.3 is 18.6 Å². The van der Waals surface area contributed by atoms with E-state index < -0.39 is 14.9 Å². The number of quaternary nitrogens is 1. The topological polar surface area (TPSA) is 0 Å². The Hall–Kier alpha value is 0.212. The van der Waals surface area contributed by atoms with Gasteiger partial charge in [0.25, 0.3) is 0 Å². The maximum Gasteiger partial charge on any atom is 1.04 e. The van der Waals surface area contributed by atoms with Crippen LogP contribution in [0.1, 0.15) is 20.8 Å². The molecule has 82 valence electrons. The first-order valence-electron chi connectivity index (χ1n) is 4.39. The fourth-order valence-electron chi connectivity index (χ4n) is 0.671. The molecule has 1 nitrogen and oxygen atoms in total. The zero-order valence-electron chi connectivity index (χ0n) is 8.66. The largest absolute Gasteiger partial charge is 1.04 e. The maximum absolute atomic E-state index is 9.85. The molecule has 0 aromatic rings. The Labute approximate surface area is 81.5 Å². The molecule has 0 unspecified atom stereocenters. The summed E-state index contributed by atoms with van der Waals surface area (Å²) in [7, 11) is 2.29. The molecule has 0 saturated heterocycles. The fraction of sp³-hybridized carbons (Fsp3) is 1.00. The van der Waals surface area contributed by atoms with Crippen molar-refractivity contribution < 1.29 is 18.6 Å². The van der Waals surface area contributed by atoms with Crippen LogP contribution in [0.2, 0.25) is 0 Å². The minimum absolute atomic E-state index is 1.21. The third-order valence-corrected chi connectivity index (χ3v) is 2.29. The average Bonchev–Trinajstić information content (AvgIpc) is 2.00. The van der Waals surface area contributed by atoms with Crippen LogP contribution in [0.25, 0.3) is 0 Å². The molecule has 0 aliphatic heterocycles. The summed E-state index contributed by atoms with van der Waals surface area (Å²) in [4.78, 5) is 0. The van der Waals surface area contributed by atoms with Crippen LogP contribution in [-0.2, 0) is 0 Å². The molecule has 0 spiro atoms. The van der Waals surface area contributed by atoms with Gasteiger partial charge >= 0.3 is 14.9 Å². The summed E-state index contributed by atoms with van der Waals surface area (Å²) in [5, 5.41) is 0. The van der Waals surface area contributed by atoms with E-state index in [1.165, 1.54) is 24.1 Å². The van der Waals surface area contributed by atoms with Crippen LogP contribution in [0.4, 0.5) is 14.1 Å². The Morgan fingerprint density at radius 2 is 1.00 bits per heavy atom. The van der Waals surface area contributed by atoms with Crippen LogP contribution >= 0.6 is 0 Å². The molecular weight excluding hydrogens is 201 g/mol. The van der Waals surface area contributed by atoms with Gasteiger partial charge in [-0.15, -0.1) is 0 Å². The van der Waals surface area contributed by atoms with Gasteiger partial charge in [-0.1, -0.05) is 0 Å². The predicted octanol–water partition coefficient (Wildman–Crippen LogP) is 2.79. The van der Waals surface area contributed by atoms with E-state index in [0.717, 1.165) is 0 Å². The molecular formula is C7H18AlF4N. The van der Waals surface area contributed by atoms with Crippen molar-refractivity contribution in [1.29, 1.82) is 0 Å².